The van der Waals surface area contributed by atoms with E-state index in [1.165, 1.54) is 6.07 Å². The number of rotatable bonds is 1. The molecule has 0 aliphatic carbocycles. The van der Waals surface area contributed by atoms with Crippen molar-refractivity contribution in [3.05, 3.63) is 23.8 Å². The summed E-state index contributed by atoms with van der Waals surface area (Å²) in [6, 6.07) is 4.58. The van der Waals surface area contributed by atoms with Gasteiger partial charge < -0.3 is 10.2 Å². The Morgan fingerprint density at radius 2 is 2.21 bits per heavy atom. The molecule has 0 amide bonds. The fourth-order valence-corrected chi connectivity index (χ4v) is 2.30. The zero-order chi connectivity index (χ0) is 10.1. The molecule has 0 spiro atoms. The Bertz CT molecular complexity index is 390. The second-order valence-electron chi connectivity index (χ2n) is 3.28. The minimum Gasteiger partial charge on any atom is -0.508 e. The SMILES string of the molecule is CC1CN=C(c2ccc(O)cc2O)S1. The average Bonchev–Trinajstić information content (AvgIpc) is 2.51. The second-order valence-corrected chi connectivity index (χ2v) is 4.70. The molecule has 1 unspecified atom stereocenters. The van der Waals surface area contributed by atoms with Gasteiger partial charge in [0.1, 0.15) is 16.5 Å². The van der Waals surface area contributed by atoms with Crippen LogP contribution < -0.4 is 0 Å². The Balaban J connectivity index is 2.33. The van der Waals surface area contributed by atoms with E-state index in [-0.39, 0.29) is 11.5 Å². The van der Waals surface area contributed by atoms with Crippen LogP contribution in [0.3, 0.4) is 0 Å². The summed E-state index contributed by atoms with van der Waals surface area (Å²) in [4.78, 5) is 4.32. The molecule has 1 aliphatic heterocycles. The van der Waals surface area contributed by atoms with Gasteiger partial charge in [0.2, 0.25) is 0 Å². The molecule has 1 aliphatic rings. The van der Waals surface area contributed by atoms with Crippen molar-refractivity contribution in [2.24, 2.45) is 4.99 Å². The normalized spacial score (nSPS) is 20.9. The molecule has 1 heterocycles. The van der Waals surface area contributed by atoms with Gasteiger partial charge >= 0.3 is 0 Å². The van der Waals surface area contributed by atoms with Crippen molar-refractivity contribution in [3.63, 3.8) is 0 Å². The molecule has 1 atom stereocenters. The highest BCUT2D eigenvalue weighted by atomic mass is 32.2. The first-order valence-corrected chi connectivity index (χ1v) is 5.28. The molecule has 0 saturated heterocycles. The summed E-state index contributed by atoms with van der Waals surface area (Å²) < 4.78 is 0. The van der Waals surface area contributed by atoms with Crippen molar-refractivity contribution in [2.75, 3.05) is 6.54 Å². The summed E-state index contributed by atoms with van der Waals surface area (Å²) in [6.45, 7) is 2.89. The van der Waals surface area contributed by atoms with Crippen molar-refractivity contribution >= 4 is 16.8 Å². The van der Waals surface area contributed by atoms with E-state index in [2.05, 4.69) is 11.9 Å². The molecule has 1 aromatic rings. The molecule has 2 N–H and O–H groups in total. The number of phenols is 2. The van der Waals surface area contributed by atoms with Crippen LogP contribution in [0, 0.1) is 0 Å². The molecule has 4 heteroatoms. The van der Waals surface area contributed by atoms with Crippen molar-refractivity contribution in [2.45, 2.75) is 12.2 Å². The van der Waals surface area contributed by atoms with E-state index in [4.69, 9.17) is 5.11 Å². The first-order valence-electron chi connectivity index (χ1n) is 4.40. The van der Waals surface area contributed by atoms with Gasteiger partial charge in [-0.25, -0.2) is 0 Å². The van der Waals surface area contributed by atoms with Crippen molar-refractivity contribution < 1.29 is 10.2 Å². The largest absolute Gasteiger partial charge is 0.508 e. The Hall–Kier alpha value is -1.16. The van der Waals surface area contributed by atoms with Crippen LogP contribution >= 0.6 is 11.8 Å². The van der Waals surface area contributed by atoms with E-state index in [1.807, 2.05) is 0 Å². The Kier molecular flexibility index (Phi) is 2.37. The third-order valence-electron chi connectivity index (χ3n) is 2.02. The molecular weight excluding hydrogens is 198 g/mol. The second kappa shape index (κ2) is 3.53. The maximum Gasteiger partial charge on any atom is 0.129 e. The van der Waals surface area contributed by atoms with Gasteiger partial charge in [-0.3, -0.25) is 4.99 Å². The molecule has 3 nitrogen and oxygen atoms in total. The summed E-state index contributed by atoms with van der Waals surface area (Å²) in [5.41, 5.74) is 0.706. The van der Waals surface area contributed by atoms with Gasteiger partial charge in [-0.15, -0.1) is 11.8 Å². The van der Waals surface area contributed by atoms with Gasteiger partial charge in [-0.1, -0.05) is 6.92 Å². The summed E-state index contributed by atoms with van der Waals surface area (Å²) in [5, 5.41) is 20.0. The number of benzene rings is 1. The van der Waals surface area contributed by atoms with Crippen molar-refractivity contribution in [1.82, 2.24) is 0 Å². The lowest BCUT2D eigenvalue weighted by atomic mass is 10.2. The zero-order valence-electron chi connectivity index (χ0n) is 7.77. The topological polar surface area (TPSA) is 52.8 Å². The number of hydrogen-bond acceptors (Lipinski definition) is 4. The highest BCUT2D eigenvalue weighted by Gasteiger charge is 2.18. The standard InChI is InChI=1S/C10H11NO2S/c1-6-5-11-10(14-6)8-3-2-7(12)4-9(8)13/h2-4,6,12-13H,5H2,1H3. The lowest BCUT2D eigenvalue weighted by molar-refractivity contribution is 0.450. The Labute approximate surface area is 86.5 Å². The molecule has 0 fully saturated rings. The van der Waals surface area contributed by atoms with Gasteiger partial charge in [-0.2, -0.15) is 0 Å². The van der Waals surface area contributed by atoms with E-state index in [0.29, 0.717) is 10.8 Å². The van der Waals surface area contributed by atoms with Crippen LogP contribution in [0.2, 0.25) is 0 Å². The fourth-order valence-electron chi connectivity index (χ4n) is 1.33. The number of hydrogen-bond donors (Lipinski definition) is 2. The Morgan fingerprint density at radius 3 is 2.79 bits per heavy atom. The fraction of sp³-hybridized carbons (Fsp3) is 0.300. The molecule has 0 saturated carbocycles. The van der Waals surface area contributed by atoms with Crippen LogP contribution in [0.4, 0.5) is 0 Å². The highest BCUT2D eigenvalue weighted by molar-refractivity contribution is 8.15. The molecule has 0 aromatic heterocycles. The number of nitrogens with zero attached hydrogens (tertiary/aromatic N) is 1. The summed E-state index contributed by atoms with van der Waals surface area (Å²) in [5.74, 6) is 0.160. The summed E-state index contributed by atoms with van der Waals surface area (Å²) in [7, 11) is 0. The van der Waals surface area contributed by atoms with E-state index in [9.17, 15) is 5.11 Å². The highest BCUT2D eigenvalue weighted by Crippen LogP contribution is 2.31. The first kappa shape index (κ1) is 9.40. The molecule has 2 rings (SSSR count). The van der Waals surface area contributed by atoms with Gasteiger partial charge in [0.25, 0.3) is 0 Å². The van der Waals surface area contributed by atoms with Crippen LogP contribution in [0.15, 0.2) is 23.2 Å². The average molecular weight is 209 g/mol. The third kappa shape index (κ3) is 1.70. The van der Waals surface area contributed by atoms with Gasteiger partial charge in [0, 0.05) is 16.9 Å². The van der Waals surface area contributed by atoms with Gasteiger partial charge in [0.15, 0.2) is 0 Å². The maximum absolute atomic E-state index is 9.58. The minimum atomic E-state index is 0.0721. The number of aromatic hydroxyl groups is 2. The van der Waals surface area contributed by atoms with Crippen LogP contribution in [0.1, 0.15) is 12.5 Å². The quantitative estimate of drug-likeness (QED) is 0.743. The molecule has 0 radical (unpaired) electrons. The van der Waals surface area contributed by atoms with E-state index < -0.39 is 0 Å². The summed E-state index contributed by atoms with van der Waals surface area (Å²) >= 11 is 1.65. The van der Waals surface area contributed by atoms with E-state index in [1.54, 1.807) is 23.9 Å². The maximum atomic E-state index is 9.58. The third-order valence-corrected chi connectivity index (χ3v) is 3.14. The minimum absolute atomic E-state index is 0.0721. The predicted molar refractivity (Wildman–Crippen MR) is 58.2 cm³/mol. The predicted octanol–water partition coefficient (Wildman–Crippen LogP) is 1.98. The van der Waals surface area contributed by atoms with Crippen LogP contribution in [0.5, 0.6) is 11.5 Å². The van der Waals surface area contributed by atoms with Crippen LogP contribution in [-0.2, 0) is 0 Å². The van der Waals surface area contributed by atoms with Crippen molar-refractivity contribution in [3.8, 4) is 11.5 Å². The number of aliphatic imine (C=N–C) groups is 1. The molecule has 0 bridgehead atoms. The van der Waals surface area contributed by atoms with Gasteiger partial charge in [-0.05, 0) is 12.1 Å². The molecular formula is C10H11NO2S. The first-order chi connectivity index (χ1) is 6.66. The summed E-state index contributed by atoms with van der Waals surface area (Å²) in [6.07, 6.45) is 0. The van der Waals surface area contributed by atoms with Crippen molar-refractivity contribution in [1.29, 1.82) is 0 Å². The van der Waals surface area contributed by atoms with Crippen LogP contribution in [-0.4, -0.2) is 27.1 Å². The zero-order valence-corrected chi connectivity index (χ0v) is 8.58. The smallest absolute Gasteiger partial charge is 0.129 e. The van der Waals surface area contributed by atoms with E-state index in [0.717, 1.165) is 11.6 Å². The lowest BCUT2D eigenvalue weighted by Crippen LogP contribution is -1.95. The Morgan fingerprint density at radius 1 is 1.43 bits per heavy atom. The monoisotopic (exact) mass is 209 g/mol. The molecule has 74 valence electrons. The van der Waals surface area contributed by atoms with E-state index >= 15 is 0 Å². The molecule has 1 aromatic carbocycles. The number of thioether (sulfide) groups is 1. The van der Waals surface area contributed by atoms with Crippen LogP contribution in [0.25, 0.3) is 0 Å². The lowest BCUT2D eigenvalue weighted by Gasteiger charge is -2.04. The van der Waals surface area contributed by atoms with Gasteiger partial charge in [0.05, 0.1) is 6.54 Å². The number of phenolic OH excluding ortho intramolecular Hbond substituents is 2. The molecule has 14 heavy (non-hydrogen) atoms.